The molecule has 5 heteroatoms. The van der Waals surface area contributed by atoms with E-state index in [0.29, 0.717) is 17.9 Å². The van der Waals surface area contributed by atoms with E-state index in [1.807, 2.05) is 12.1 Å². The van der Waals surface area contributed by atoms with E-state index >= 15 is 0 Å². The number of hydrogen-bond donors (Lipinski definition) is 2. The number of furan rings is 1. The second kappa shape index (κ2) is 5.26. The maximum absolute atomic E-state index is 12.2. The first kappa shape index (κ1) is 13.7. The predicted octanol–water partition coefficient (Wildman–Crippen LogP) is 1.85. The van der Waals surface area contributed by atoms with Gasteiger partial charge >= 0.3 is 0 Å². The SMILES string of the molecule is CC(O)(CNC(=O)c1ccc2c(c1)CCO2)c1ccco1. The van der Waals surface area contributed by atoms with E-state index in [1.165, 1.54) is 6.26 Å². The first-order valence-electron chi connectivity index (χ1n) is 6.86. The highest BCUT2D eigenvalue weighted by Gasteiger charge is 2.27. The predicted molar refractivity (Wildman–Crippen MR) is 76.3 cm³/mol. The molecule has 0 aliphatic carbocycles. The highest BCUT2D eigenvalue weighted by atomic mass is 16.5. The fourth-order valence-corrected chi connectivity index (χ4v) is 2.35. The van der Waals surface area contributed by atoms with Gasteiger partial charge in [0.1, 0.15) is 17.1 Å². The number of amides is 1. The fourth-order valence-electron chi connectivity index (χ4n) is 2.35. The lowest BCUT2D eigenvalue weighted by atomic mass is 10.0. The molecule has 1 aliphatic rings. The zero-order valence-electron chi connectivity index (χ0n) is 11.8. The molecule has 0 saturated carbocycles. The standard InChI is InChI=1S/C16H17NO4/c1-16(19,14-3-2-7-21-14)10-17-15(18)12-4-5-13-11(9-12)6-8-20-13/h2-5,7,9,19H,6,8,10H2,1H3,(H,17,18). The van der Waals surface area contributed by atoms with Crippen molar-refractivity contribution in [1.29, 1.82) is 0 Å². The monoisotopic (exact) mass is 287 g/mol. The van der Waals surface area contributed by atoms with E-state index in [0.717, 1.165) is 17.7 Å². The topological polar surface area (TPSA) is 71.7 Å². The van der Waals surface area contributed by atoms with E-state index in [1.54, 1.807) is 25.1 Å². The molecule has 5 nitrogen and oxygen atoms in total. The van der Waals surface area contributed by atoms with Gasteiger partial charge in [-0.2, -0.15) is 0 Å². The average molecular weight is 287 g/mol. The summed E-state index contributed by atoms with van der Waals surface area (Å²) in [4.78, 5) is 12.2. The van der Waals surface area contributed by atoms with Gasteiger partial charge in [-0.1, -0.05) is 0 Å². The number of carbonyl (C=O) groups excluding carboxylic acids is 1. The van der Waals surface area contributed by atoms with Gasteiger partial charge < -0.3 is 19.6 Å². The molecule has 2 heterocycles. The lowest BCUT2D eigenvalue weighted by Gasteiger charge is -2.21. The first-order valence-corrected chi connectivity index (χ1v) is 6.86. The summed E-state index contributed by atoms with van der Waals surface area (Å²) in [5, 5.41) is 13.0. The number of ether oxygens (including phenoxy) is 1. The molecule has 0 saturated heterocycles. The number of fused-ring (bicyclic) bond motifs is 1. The largest absolute Gasteiger partial charge is 0.493 e. The fraction of sp³-hybridized carbons (Fsp3) is 0.312. The van der Waals surface area contributed by atoms with Gasteiger partial charge in [-0.25, -0.2) is 0 Å². The molecule has 3 rings (SSSR count). The smallest absolute Gasteiger partial charge is 0.251 e. The Labute approximate surface area is 122 Å². The molecule has 2 aromatic rings. The quantitative estimate of drug-likeness (QED) is 0.900. The molecule has 0 radical (unpaired) electrons. The minimum Gasteiger partial charge on any atom is -0.493 e. The van der Waals surface area contributed by atoms with Crippen molar-refractivity contribution in [2.24, 2.45) is 0 Å². The lowest BCUT2D eigenvalue weighted by Crippen LogP contribution is -2.38. The van der Waals surface area contributed by atoms with Crippen LogP contribution < -0.4 is 10.1 Å². The summed E-state index contributed by atoms with van der Waals surface area (Å²) >= 11 is 0. The molecule has 0 spiro atoms. The summed E-state index contributed by atoms with van der Waals surface area (Å²) in [5.74, 6) is 1.04. The van der Waals surface area contributed by atoms with Gasteiger partial charge in [0.15, 0.2) is 0 Å². The second-order valence-electron chi connectivity index (χ2n) is 5.35. The third kappa shape index (κ3) is 2.78. The van der Waals surface area contributed by atoms with Gasteiger partial charge in [0.2, 0.25) is 0 Å². The summed E-state index contributed by atoms with van der Waals surface area (Å²) in [6.07, 6.45) is 2.31. The Morgan fingerprint density at radius 1 is 1.43 bits per heavy atom. The van der Waals surface area contributed by atoms with Crippen molar-refractivity contribution in [1.82, 2.24) is 5.32 Å². The maximum Gasteiger partial charge on any atom is 0.251 e. The van der Waals surface area contributed by atoms with E-state index in [2.05, 4.69) is 5.32 Å². The van der Waals surface area contributed by atoms with E-state index in [4.69, 9.17) is 9.15 Å². The third-order valence-electron chi connectivity index (χ3n) is 3.60. The van der Waals surface area contributed by atoms with Crippen molar-refractivity contribution in [3.05, 3.63) is 53.5 Å². The van der Waals surface area contributed by atoms with Crippen LogP contribution in [0.5, 0.6) is 5.75 Å². The average Bonchev–Trinajstić information content (AvgIpc) is 3.14. The summed E-state index contributed by atoms with van der Waals surface area (Å²) < 4.78 is 10.6. The molecule has 2 N–H and O–H groups in total. The highest BCUT2D eigenvalue weighted by Crippen LogP contribution is 2.26. The maximum atomic E-state index is 12.2. The number of nitrogens with one attached hydrogen (secondary N) is 1. The Morgan fingerprint density at radius 3 is 3.05 bits per heavy atom. The molecule has 0 bridgehead atoms. The van der Waals surface area contributed by atoms with E-state index in [-0.39, 0.29) is 12.5 Å². The zero-order chi connectivity index (χ0) is 14.9. The minimum atomic E-state index is -1.24. The van der Waals surface area contributed by atoms with Crippen molar-refractivity contribution in [3.63, 3.8) is 0 Å². The van der Waals surface area contributed by atoms with Crippen LogP contribution in [0.1, 0.15) is 28.6 Å². The van der Waals surface area contributed by atoms with Crippen LogP contribution in [0, 0.1) is 0 Å². The zero-order valence-corrected chi connectivity index (χ0v) is 11.8. The summed E-state index contributed by atoms with van der Waals surface area (Å²) in [6.45, 7) is 2.34. The van der Waals surface area contributed by atoms with Crippen LogP contribution >= 0.6 is 0 Å². The molecule has 1 aromatic heterocycles. The summed E-state index contributed by atoms with van der Waals surface area (Å²) in [7, 11) is 0. The van der Waals surface area contributed by atoms with Crippen molar-refractivity contribution in [3.8, 4) is 5.75 Å². The van der Waals surface area contributed by atoms with Crippen LogP contribution in [0.2, 0.25) is 0 Å². The Morgan fingerprint density at radius 2 is 2.29 bits per heavy atom. The summed E-state index contributed by atoms with van der Waals surface area (Å²) in [6, 6.07) is 8.74. The van der Waals surface area contributed by atoms with E-state index in [9.17, 15) is 9.90 Å². The Balaban J connectivity index is 1.67. The number of rotatable bonds is 4. The van der Waals surface area contributed by atoms with Gasteiger partial charge in [0.05, 0.1) is 19.4 Å². The van der Waals surface area contributed by atoms with Crippen molar-refractivity contribution >= 4 is 5.91 Å². The molecule has 1 amide bonds. The van der Waals surface area contributed by atoms with Crippen molar-refractivity contribution in [2.75, 3.05) is 13.2 Å². The van der Waals surface area contributed by atoms with Crippen LogP contribution in [0.3, 0.4) is 0 Å². The Kier molecular flexibility index (Phi) is 3.43. The molecule has 1 unspecified atom stereocenters. The molecule has 110 valence electrons. The van der Waals surface area contributed by atoms with Gasteiger partial charge in [-0.05, 0) is 42.8 Å². The third-order valence-corrected chi connectivity index (χ3v) is 3.60. The molecule has 1 aromatic carbocycles. The molecule has 1 aliphatic heterocycles. The number of aliphatic hydroxyl groups is 1. The van der Waals surface area contributed by atoms with Crippen molar-refractivity contribution < 1.29 is 19.1 Å². The molecule has 21 heavy (non-hydrogen) atoms. The molecular formula is C16H17NO4. The van der Waals surface area contributed by atoms with Crippen LogP contribution in [0.15, 0.2) is 41.0 Å². The molecule has 0 fully saturated rings. The van der Waals surface area contributed by atoms with E-state index < -0.39 is 5.60 Å². The highest BCUT2D eigenvalue weighted by molar-refractivity contribution is 5.94. The van der Waals surface area contributed by atoms with Crippen LogP contribution in [-0.4, -0.2) is 24.2 Å². The first-order chi connectivity index (χ1) is 10.1. The van der Waals surface area contributed by atoms with Gasteiger partial charge in [-0.15, -0.1) is 0 Å². The van der Waals surface area contributed by atoms with Crippen LogP contribution in [-0.2, 0) is 12.0 Å². The Hall–Kier alpha value is -2.27. The number of hydrogen-bond acceptors (Lipinski definition) is 4. The second-order valence-corrected chi connectivity index (χ2v) is 5.35. The van der Waals surface area contributed by atoms with Gasteiger partial charge in [0.25, 0.3) is 5.91 Å². The van der Waals surface area contributed by atoms with Crippen LogP contribution in [0.4, 0.5) is 0 Å². The minimum absolute atomic E-state index is 0.0763. The lowest BCUT2D eigenvalue weighted by molar-refractivity contribution is 0.0330. The number of benzene rings is 1. The normalized spacial score (nSPS) is 15.9. The van der Waals surface area contributed by atoms with Gasteiger partial charge in [-0.3, -0.25) is 4.79 Å². The molecule has 1 atom stereocenters. The number of carbonyl (C=O) groups is 1. The Bertz CT molecular complexity index is 646. The van der Waals surface area contributed by atoms with Gasteiger partial charge in [0, 0.05) is 12.0 Å². The van der Waals surface area contributed by atoms with Crippen LogP contribution in [0.25, 0.3) is 0 Å². The summed E-state index contributed by atoms with van der Waals surface area (Å²) in [5.41, 5.74) is 0.369. The van der Waals surface area contributed by atoms with Crippen molar-refractivity contribution in [2.45, 2.75) is 18.9 Å². The molecular weight excluding hydrogens is 270 g/mol.